The molecule has 0 saturated heterocycles. The summed E-state index contributed by atoms with van der Waals surface area (Å²) in [5.74, 6) is 0.933. The largest absolute Gasteiger partial charge is 0.493 e. The van der Waals surface area contributed by atoms with Crippen LogP contribution in [0, 0.1) is 0 Å². The Balaban J connectivity index is 2.02. The Morgan fingerprint density at radius 2 is 2.15 bits per heavy atom. The molecule has 0 atom stereocenters. The van der Waals surface area contributed by atoms with Gasteiger partial charge in [-0.15, -0.1) is 5.10 Å². The number of furan rings is 1. The van der Waals surface area contributed by atoms with Crippen LogP contribution in [0.4, 0.5) is 6.01 Å². The maximum Gasteiger partial charge on any atom is 0.322 e. The summed E-state index contributed by atoms with van der Waals surface area (Å²) in [5, 5.41) is 10.8. The molecule has 1 amide bonds. The van der Waals surface area contributed by atoms with E-state index in [9.17, 15) is 4.79 Å². The minimum absolute atomic E-state index is 0.0277. The van der Waals surface area contributed by atoms with Gasteiger partial charge in [-0.2, -0.15) is 0 Å². The minimum atomic E-state index is -0.286. The van der Waals surface area contributed by atoms with E-state index in [4.69, 9.17) is 13.6 Å². The maximum absolute atomic E-state index is 10.9. The number of anilines is 1. The number of carbonyl (C=O) groups excluding carboxylic acids is 1. The normalized spacial score (nSPS) is 10.7. The predicted octanol–water partition coefficient (Wildman–Crippen LogP) is 2.45. The molecule has 0 aliphatic carbocycles. The Bertz CT molecular complexity index is 775. The number of nitrogens with one attached hydrogen (secondary N) is 1. The fourth-order valence-electron chi connectivity index (χ4n) is 1.83. The quantitative estimate of drug-likeness (QED) is 0.788. The number of carbonyl (C=O) groups is 1. The summed E-state index contributed by atoms with van der Waals surface area (Å²) in [6, 6.07) is 7.34. The lowest BCUT2D eigenvalue weighted by molar-refractivity contribution is -0.114. The third-order valence-corrected chi connectivity index (χ3v) is 2.65. The van der Waals surface area contributed by atoms with Gasteiger partial charge in [-0.3, -0.25) is 10.1 Å². The number of aromatic nitrogens is 2. The van der Waals surface area contributed by atoms with Crippen molar-refractivity contribution >= 4 is 22.9 Å². The van der Waals surface area contributed by atoms with Crippen molar-refractivity contribution in [2.75, 3.05) is 12.4 Å². The first-order valence-corrected chi connectivity index (χ1v) is 5.85. The molecule has 102 valence electrons. The lowest BCUT2D eigenvalue weighted by Gasteiger charge is -1.98. The number of hydrogen-bond donors (Lipinski definition) is 1. The molecule has 0 aliphatic heterocycles. The van der Waals surface area contributed by atoms with E-state index in [1.54, 1.807) is 19.2 Å². The van der Waals surface area contributed by atoms with Crippen LogP contribution in [-0.4, -0.2) is 23.2 Å². The number of para-hydroxylation sites is 1. The standard InChI is InChI=1S/C13H11N3O4/c1-7(17)14-13-16-15-12(20-13)10-6-8-4-3-5-9(18-2)11(8)19-10/h3-6H,1-2H3,(H,14,16,17). The second-order valence-electron chi connectivity index (χ2n) is 4.08. The highest BCUT2D eigenvalue weighted by molar-refractivity contribution is 5.87. The predicted molar refractivity (Wildman–Crippen MR) is 70.4 cm³/mol. The minimum Gasteiger partial charge on any atom is -0.493 e. The summed E-state index contributed by atoms with van der Waals surface area (Å²) in [4.78, 5) is 10.9. The summed E-state index contributed by atoms with van der Waals surface area (Å²) in [7, 11) is 1.57. The van der Waals surface area contributed by atoms with Crippen LogP contribution in [0.25, 0.3) is 22.6 Å². The van der Waals surface area contributed by atoms with Crippen molar-refractivity contribution in [3.8, 4) is 17.4 Å². The average Bonchev–Trinajstić information content (AvgIpc) is 3.03. The molecule has 0 aliphatic rings. The molecule has 3 rings (SSSR count). The molecule has 1 aromatic carbocycles. The summed E-state index contributed by atoms with van der Waals surface area (Å²) >= 11 is 0. The van der Waals surface area contributed by atoms with Gasteiger partial charge in [-0.05, 0) is 12.1 Å². The Labute approximate surface area is 113 Å². The van der Waals surface area contributed by atoms with Gasteiger partial charge in [0.05, 0.1) is 7.11 Å². The van der Waals surface area contributed by atoms with Crippen molar-refractivity contribution in [1.29, 1.82) is 0 Å². The number of fused-ring (bicyclic) bond motifs is 1. The van der Waals surface area contributed by atoms with Gasteiger partial charge in [0.25, 0.3) is 5.89 Å². The smallest absolute Gasteiger partial charge is 0.322 e. The number of ether oxygens (including phenoxy) is 1. The van der Waals surface area contributed by atoms with Crippen LogP contribution >= 0.6 is 0 Å². The number of nitrogens with zero attached hydrogens (tertiary/aromatic N) is 2. The van der Waals surface area contributed by atoms with Crippen LogP contribution in [0.15, 0.2) is 33.1 Å². The number of hydrogen-bond acceptors (Lipinski definition) is 6. The Hall–Kier alpha value is -2.83. The highest BCUT2D eigenvalue weighted by Crippen LogP contribution is 2.33. The SMILES string of the molecule is COc1cccc2cc(-c3nnc(NC(C)=O)o3)oc12. The topological polar surface area (TPSA) is 90.4 Å². The zero-order valence-electron chi connectivity index (χ0n) is 10.8. The molecule has 2 aromatic heterocycles. The van der Waals surface area contributed by atoms with Crippen molar-refractivity contribution in [3.05, 3.63) is 24.3 Å². The highest BCUT2D eigenvalue weighted by Gasteiger charge is 2.16. The molecular weight excluding hydrogens is 262 g/mol. The molecular formula is C13H11N3O4. The van der Waals surface area contributed by atoms with E-state index in [0.29, 0.717) is 17.1 Å². The van der Waals surface area contributed by atoms with E-state index in [-0.39, 0.29) is 17.8 Å². The first-order valence-electron chi connectivity index (χ1n) is 5.85. The van der Waals surface area contributed by atoms with E-state index in [2.05, 4.69) is 15.5 Å². The fourth-order valence-corrected chi connectivity index (χ4v) is 1.83. The van der Waals surface area contributed by atoms with Gasteiger partial charge in [0.2, 0.25) is 5.91 Å². The average molecular weight is 273 g/mol. The van der Waals surface area contributed by atoms with Crippen LogP contribution in [0.5, 0.6) is 5.75 Å². The second-order valence-corrected chi connectivity index (χ2v) is 4.08. The monoisotopic (exact) mass is 273 g/mol. The third-order valence-electron chi connectivity index (χ3n) is 2.65. The van der Waals surface area contributed by atoms with Crippen molar-refractivity contribution < 1.29 is 18.4 Å². The van der Waals surface area contributed by atoms with Gasteiger partial charge in [0.1, 0.15) is 0 Å². The van der Waals surface area contributed by atoms with Gasteiger partial charge in [0, 0.05) is 12.3 Å². The van der Waals surface area contributed by atoms with Gasteiger partial charge in [0.15, 0.2) is 17.1 Å². The molecule has 3 aromatic rings. The molecule has 2 heterocycles. The first-order chi connectivity index (χ1) is 9.67. The van der Waals surface area contributed by atoms with E-state index in [0.717, 1.165) is 5.39 Å². The summed E-state index contributed by atoms with van der Waals surface area (Å²) in [5.41, 5.74) is 0.601. The molecule has 0 bridgehead atoms. The number of rotatable bonds is 3. The Morgan fingerprint density at radius 1 is 1.30 bits per heavy atom. The molecule has 0 radical (unpaired) electrons. The molecule has 0 fully saturated rings. The molecule has 0 unspecified atom stereocenters. The number of benzene rings is 1. The second kappa shape index (κ2) is 4.69. The van der Waals surface area contributed by atoms with Gasteiger partial charge in [-0.25, -0.2) is 0 Å². The molecule has 7 heteroatoms. The lowest BCUT2D eigenvalue weighted by Crippen LogP contribution is -2.05. The van der Waals surface area contributed by atoms with Gasteiger partial charge >= 0.3 is 6.01 Å². The highest BCUT2D eigenvalue weighted by atomic mass is 16.5. The van der Waals surface area contributed by atoms with Crippen molar-refractivity contribution in [2.45, 2.75) is 6.92 Å². The fraction of sp³-hybridized carbons (Fsp3) is 0.154. The summed E-state index contributed by atoms with van der Waals surface area (Å²) in [6.45, 7) is 1.36. The first kappa shape index (κ1) is 12.2. The van der Waals surface area contributed by atoms with Crippen LogP contribution in [0.1, 0.15) is 6.92 Å². The molecule has 1 N–H and O–H groups in total. The van der Waals surface area contributed by atoms with Crippen LogP contribution < -0.4 is 10.1 Å². The van der Waals surface area contributed by atoms with Crippen molar-refractivity contribution in [2.24, 2.45) is 0 Å². The van der Waals surface area contributed by atoms with Crippen molar-refractivity contribution in [1.82, 2.24) is 10.2 Å². The van der Waals surface area contributed by atoms with Crippen LogP contribution in [-0.2, 0) is 4.79 Å². The molecule has 7 nitrogen and oxygen atoms in total. The maximum atomic E-state index is 10.9. The number of methoxy groups -OCH3 is 1. The number of amides is 1. The van der Waals surface area contributed by atoms with E-state index >= 15 is 0 Å². The Morgan fingerprint density at radius 3 is 2.90 bits per heavy atom. The Kier molecular flexibility index (Phi) is 2.86. The molecule has 20 heavy (non-hydrogen) atoms. The third kappa shape index (κ3) is 2.09. The van der Waals surface area contributed by atoms with Crippen LogP contribution in [0.3, 0.4) is 0 Å². The molecule has 0 saturated carbocycles. The van der Waals surface area contributed by atoms with E-state index in [1.165, 1.54) is 6.92 Å². The van der Waals surface area contributed by atoms with Gasteiger partial charge < -0.3 is 13.6 Å². The zero-order chi connectivity index (χ0) is 14.1. The van der Waals surface area contributed by atoms with E-state index < -0.39 is 0 Å². The summed E-state index contributed by atoms with van der Waals surface area (Å²) in [6.07, 6.45) is 0. The molecule has 0 spiro atoms. The summed E-state index contributed by atoms with van der Waals surface area (Å²) < 4.78 is 16.2. The van der Waals surface area contributed by atoms with E-state index in [1.807, 2.05) is 12.1 Å². The zero-order valence-corrected chi connectivity index (χ0v) is 10.8. The van der Waals surface area contributed by atoms with Crippen molar-refractivity contribution in [3.63, 3.8) is 0 Å². The van der Waals surface area contributed by atoms with Crippen LogP contribution in [0.2, 0.25) is 0 Å². The van der Waals surface area contributed by atoms with Gasteiger partial charge in [-0.1, -0.05) is 17.2 Å². The lowest BCUT2D eigenvalue weighted by atomic mass is 10.2.